The van der Waals surface area contributed by atoms with Gasteiger partial charge in [0, 0.05) is 30.4 Å². The number of carbonyl (C=O) groups excluding carboxylic acids is 1. The van der Waals surface area contributed by atoms with Crippen molar-refractivity contribution in [3.63, 3.8) is 0 Å². The van der Waals surface area contributed by atoms with Crippen LogP contribution in [0.15, 0.2) is 36.5 Å². The second kappa shape index (κ2) is 6.50. The van der Waals surface area contributed by atoms with Gasteiger partial charge in [0.15, 0.2) is 5.69 Å². The highest BCUT2D eigenvalue weighted by molar-refractivity contribution is 6.30. The lowest BCUT2D eigenvalue weighted by atomic mass is 10.3. The highest BCUT2D eigenvalue weighted by Crippen LogP contribution is 2.24. The summed E-state index contributed by atoms with van der Waals surface area (Å²) in [4.78, 5) is 14.4. The molecule has 1 fully saturated rings. The predicted octanol–water partition coefficient (Wildman–Crippen LogP) is 2.35. The van der Waals surface area contributed by atoms with Crippen molar-refractivity contribution in [1.29, 1.82) is 0 Å². The van der Waals surface area contributed by atoms with Gasteiger partial charge in [-0.2, -0.15) is 5.10 Å². The molecule has 0 atom stereocenters. The molecule has 1 aliphatic carbocycles. The zero-order valence-electron chi connectivity index (χ0n) is 12.5. The molecule has 1 aromatic carbocycles. The number of rotatable bonds is 6. The summed E-state index contributed by atoms with van der Waals surface area (Å²) in [6, 6.07) is 9.77. The number of halogens is 1. The van der Waals surface area contributed by atoms with E-state index in [1.54, 1.807) is 29.1 Å². The lowest BCUT2D eigenvalue weighted by Gasteiger charge is -2.15. The molecule has 116 valence electrons. The molecule has 1 heterocycles. The molecule has 5 nitrogen and oxygen atoms in total. The van der Waals surface area contributed by atoms with Crippen LogP contribution >= 0.6 is 11.6 Å². The Morgan fingerprint density at radius 3 is 3.00 bits per heavy atom. The van der Waals surface area contributed by atoms with E-state index in [0.29, 0.717) is 23.3 Å². The van der Waals surface area contributed by atoms with E-state index in [9.17, 15) is 4.79 Å². The highest BCUT2D eigenvalue weighted by Gasteiger charge is 2.25. The third kappa shape index (κ3) is 3.67. The third-order valence-corrected chi connectivity index (χ3v) is 4.05. The Labute approximate surface area is 134 Å². The summed E-state index contributed by atoms with van der Waals surface area (Å²) in [6.45, 7) is 1.50. The molecule has 6 heteroatoms. The summed E-state index contributed by atoms with van der Waals surface area (Å²) in [5.41, 5.74) is 1.24. The highest BCUT2D eigenvalue weighted by atomic mass is 35.5. The molecule has 1 N–H and O–H groups in total. The molecule has 1 aromatic heterocycles. The van der Waals surface area contributed by atoms with Gasteiger partial charge in [0.25, 0.3) is 5.91 Å². The van der Waals surface area contributed by atoms with Crippen molar-refractivity contribution in [2.24, 2.45) is 0 Å². The van der Waals surface area contributed by atoms with Crippen LogP contribution in [-0.2, 0) is 0 Å². The van der Waals surface area contributed by atoms with Gasteiger partial charge in [0.2, 0.25) is 0 Å². The lowest BCUT2D eigenvalue weighted by molar-refractivity contribution is 0.0944. The van der Waals surface area contributed by atoms with Gasteiger partial charge < -0.3 is 10.2 Å². The summed E-state index contributed by atoms with van der Waals surface area (Å²) in [5.74, 6) is -0.148. The van der Waals surface area contributed by atoms with E-state index in [-0.39, 0.29) is 5.91 Å². The maximum atomic E-state index is 12.1. The van der Waals surface area contributed by atoms with Crippen LogP contribution in [0, 0.1) is 0 Å². The Balaban J connectivity index is 1.57. The maximum absolute atomic E-state index is 12.1. The van der Waals surface area contributed by atoms with Crippen LogP contribution in [0.4, 0.5) is 0 Å². The molecular weight excluding hydrogens is 300 g/mol. The molecular formula is C16H19ClN4O. The third-order valence-electron chi connectivity index (χ3n) is 3.81. The summed E-state index contributed by atoms with van der Waals surface area (Å²) in [7, 11) is 2.09. The van der Waals surface area contributed by atoms with Gasteiger partial charge >= 0.3 is 0 Å². The van der Waals surface area contributed by atoms with Gasteiger partial charge in [0.1, 0.15) is 0 Å². The van der Waals surface area contributed by atoms with E-state index in [1.807, 2.05) is 12.1 Å². The predicted molar refractivity (Wildman–Crippen MR) is 86.6 cm³/mol. The Morgan fingerprint density at radius 1 is 1.45 bits per heavy atom. The molecule has 0 saturated heterocycles. The molecule has 1 aliphatic rings. The smallest absolute Gasteiger partial charge is 0.271 e. The van der Waals surface area contributed by atoms with Crippen molar-refractivity contribution in [2.45, 2.75) is 18.9 Å². The first-order chi connectivity index (χ1) is 10.6. The lowest BCUT2D eigenvalue weighted by Crippen LogP contribution is -2.34. The maximum Gasteiger partial charge on any atom is 0.271 e. The number of nitrogens with one attached hydrogen (secondary N) is 1. The van der Waals surface area contributed by atoms with Crippen LogP contribution in [0.3, 0.4) is 0 Å². The Hall–Kier alpha value is -1.85. The summed E-state index contributed by atoms with van der Waals surface area (Å²) in [6.07, 6.45) is 4.31. The van der Waals surface area contributed by atoms with Crippen molar-refractivity contribution >= 4 is 17.5 Å². The van der Waals surface area contributed by atoms with Crippen molar-refractivity contribution < 1.29 is 4.79 Å². The van der Waals surface area contributed by atoms with Crippen molar-refractivity contribution in [3.05, 3.63) is 47.2 Å². The van der Waals surface area contributed by atoms with Gasteiger partial charge in [-0.05, 0) is 44.2 Å². The molecule has 0 bridgehead atoms. The summed E-state index contributed by atoms with van der Waals surface area (Å²) in [5, 5.41) is 7.85. The van der Waals surface area contributed by atoms with E-state index in [0.717, 1.165) is 12.2 Å². The number of benzene rings is 1. The number of amides is 1. The standard InChI is InChI=1S/C16H19ClN4O/c1-20(13-5-6-13)10-8-18-16(22)15-7-9-21(19-15)14-4-2-3-12(17)11-14/h2-4,7,9,11,13H,5-6,8,10H2,1H3,(H,18,22). The number of hydrogen-bond acceptors (Lipinski definition) is 3. The zero-order valence-corrected chi connectivity index (χ0v) is 13.3. The van der Waals surface area contributed by atoms with E-state index in [2.05, 4.69) is 22.4 Å². The van der Waals surface area contributed by atoms with E-state index in [4.69, 9.17) is 11.6 Å². The Morgan fingerprint density at radius 2 is 2.27 bits per heavy atom. The summed E-state index contributed by atoms with van der Waals surface area (Å²) >= 11 is 5.97. The van der Waals surface area contributed by atoms with Crippen LogP contribution in [0.5, 0.6) is 0 Å². The van der Waals surface area contributed by atoms with Crippen LogP contribution in [0.25, 0.3) is 5.69 Å². The Kier molecular flexibility index (Phi) is 4.45. The van der Waals surface area contributed by atoms with Gasteiger partial charge in [-0.15, -0.1) is 0 Å². The molecule has 1 amide bonds. The fourth-order valence-electron chi connectivity index (χ4n) is 2.34. The van der Waals surface area contributed by atoms with Gasteiger partial charge in [0.05, 0.1) is 5.69 Å². The SMILES string of the molecule is CN(CCNC(=O)c1ccn(-c2cccc(Cl)c2)n1)C1CC1. The van der Waals surface area contributed by atoms with Crippen LogP contribution in [0.2, 0.25) is 5.02 Å². The fraction of sp³-hybridized carbons (Fsp3) is 0.375. The molecule has 0 unspecified atom stereocenters. The van der Waals surface area contributed by atoms with Crippen molar-refractivity contribution in [2.75, 3.05) is 20.1 Å². The minimum Gasteiger partial charge on any atom is -0.349 e. The second-order valence-corrected chi connectivity index (χ2v) is 6.03. The molecule has 2 aromatic rings. The first kappa shape index (κ1) is 15.1. The van der Waals surface area contributed by atoms with Gasteiger partial charge in [-0.3, -0.25) is 4.79 Å². The van der Waals surface area contributed by atoms with E-state index < -0.39 is 0 Å². The molecule has 22 heavy (non-hydrogen) atoms. The number of likely N-dealkylation sites (N-methyl/N-ethyl adjacent to an activating group) is 1. The largest absolute Gasteiger partial charge is 0.349 e. The van der Waals surface area contributed by atoms with E-state index in [1.165, 1.54) is 12.8 Å². The quantitative estimate of drug-likeness (QED) is 0.889. The first-order valence-corrected chi connectivity index (χ1v) is 7.81. The van der Waals surface area contributed by atoms with Gasteiger partial charge in [-0.25, -0.2) is 4.68 Å². The molecule has 1 saturated carbocycles. The topological polar surface area (TPSA) is 50.2 Å². The fourth-order valence-corrected chi connectivity index (χ4v) is 2.53. The molecule has 0 spiro atoms. The second-order valence-electron chi connectivity index (χ2n) is 5.59. The van der Waals surface area contributed by atoms with Gasteiger partial charge in [-0.1, -0.05) is 17.7 Å². The van der Waals surface area contributed by atoms with Crippen molar-refractivity contribution in [1.82, 2.24) is 20.0 Å². The monoisotopic (exact) mass is 318 g/mol. The molecule has 0 aliphatic heterocycles. The molecule has 0 radical (unpaired) electrons. The molecule has 3 rings (SSSR count). The normalized spacial score (nSPS) is 14.3. The average molecular weight is 319 g/mol. The zero-order chi connectivity index (χ0) is 15.5. The van der Waals surface area contributed by atoms with Crippen LogP contribution < -0.4 is 5.32 Å². The minimum atomic E-state index is -0.148. The van der Waals surface area contributed by atoms with Crippen LogP contribution in [0.1, 0.15) is 23.3 Å². The Bertz CT molecular complexity index is 666. The first-order valence-electron chi connectivity index (χ1n) is 7.43. The average Bonchev–Trinajstić information content (AvgIpc) is 3.24. The van der Waals surface area contributed by atoms with Crippen molar-refractivity contribution in [3.8, 4) is 5.69 Å². The number of nitrogens with zero attached hydrogens (tertiary/aromatic N) is 3. The summed E-state index contributed by atoms with van der Waals surface area (Å²) < 4.78 is 1.65. The van der Waals surface area contributed by atoms with E-state index >= 15 is 0 Å². The number of aromatic nitrogens is 2. The number of carbonyl (C=O) groups is 1. The minimum absolute atomic E-state index is 0.148. The van der Waals surface area contributed by atoms with Crippen LogP contribution in [-0.4, -0.2) is 46.8 Å². The number of hydrogen-bond donors (Lipinski definition) is 1.